The van der Waals surface area contributed by atoms with E-state index in [0.29, 0.717) is 12.1 Å². The van der Waals surface area contributed by atoms with E-state index in [0.717, 1.165) is 30.5 Å². The molecule has 2 aromatic carbocycles. The molecule has 4 rings (SSSR count). The van der Waals surface area contributed by atoms with Gasteiger partial charge in [0.1, 0.15) is 11.3 Å². The fourth-order valence-corrected chi connectivity index (χ4v) is 3.81. The SMILES string of the molecule is CN(C(=O)C1=NN(c2ccccc2)[C@H](c2ccccc2)C1)C1(C#N)CCC1. The molecule has 0 saturated heterocycles. The molecule has 0 unspecified atom stereocenters. The van der Waals surface area contributed by atoms with Gasteiger partial charge < -0.3 is 4.90 Å². The lowest BCUT2D eigenvalue weighted by Gasteiger charge is -2.42. The number of nitriles is 1. The number of hydrazone groups is 1. The van der Waals surface area contributed by atoms with Crippen molar-refractivity contribution in [2.24, 2.45) is 5.10 Å². The van der Waals surface area contributed by atoms with E-state index in [-0.39, 0.29) is 11.9 Å². The Morgan fingerprint density at radius 1 is 1.15 bits per heavy atom. The molecule has 5 nitrogen and oxygen atoms in total. The molecule has 0 N–H and O–H groups in total. The fraction of sp³-hybridized carbons (Fsp3) is 0.318. The maximum absolute atomic E-state index is 13.1. The molecule has 0 aromatic heterocycles. The zero-order valence-electron chi connectivity index (χ0n) is 15.4. The molecule has 136 valence electrons. The zero-order chi connectivity index (χ0) is 18.9. The van der Waals surface area contributed by atoms with Crippen LogP contribution in [0.4, 0.5) is 5.69 Å². The first-order valence-corrected chi connectivity index (χ1v) is 9.31. The van der Waals surface area contributed by atoms with Crippen molar-refractivity contribution in [2.75, 3.05) is 12.1 Å². The molecule has 0 spiro atoms. The smallest absolute Gasteiger partial charge is 0.271 e. The number of carbonyl (C=O) groups excluding carboxylic acids is 1. The van der Waals surface area contributed by atoms with E-state index in [1.165, 1.54) is 0 Å². The number of carbonyl (C=O) groups is 1. The quantitative estimate of drug-likeness (QED) is 0.833. The number of amides is 1. The summed E-state index contributed by atoms with van der Waals surface area (Å²) < 4.78 is 0. The van der Waals surface area contributed by atoms with Crippen LogP contribution in [0.1, 0.15) is 37.3 Å². The summed E-state index contributed by atoms with van der Waals surface area (Å²) in [5.74, 6) is -0.143. The molecular formula is C22H22N4O. The van der Waals surface area contributed by atoms with Gasteiger partial charge in [0.05, 0.1) is 17.8 Å². The molecule has 1 saturated carbocycles. The van der Waals surface area contributed by atoms with E-state index in [9.17, 15) is 10.1 Å². The number of rotatable bonds is 4. The summed E-state index contributed by atoms with van der Waals surface area (Å²) in [6.45, 7) is 0. The highest BCUT2D eigenvalue weighted by atomic mass is 16.2. The van der Waals surface area contributed by atoms with Crippen LogP contribution < -0.4 is 5.01 Å². The highest BCUT2D eigenvalue weighted by Crippen LogP contribution is 2.39. The Balaban J connectivity index is 1.66. The van der Waals surface area contributed by atoms with Gasteiger partial charge >= 0.3 is 0 Å². The molecule has 5 heteroatoms. The van der Waals surface area contributed by atoms with Crippen LogP contribution in [0.15, 0.2) is 65.8 Å². The number of benzene rings is 2. The lowest BCUT2D eigenvalue weighted by molar-refractivity contribution is -0.129. The van der Waals surface area contributed by atoms with E-state index in [1.54, 1.807) is 11.9 Å². The maximum Gasteiger partial charge on any atom is 0.271 e. The second-order valence-corrected chi connectivity index (χ2v) is 7.22. The van der Waals surface area contributed by atoms with Gasteiger partial charge in [-0.3, -0.25) is 9.80 Å². The van der Waals surface area contributed by atoms with Crippen LogP contribution in [0.25, 0.3) is 0 Å². The van der Waals surface area contributed by atoms with Crippen molar-refractivity contribution >= 4 is 17.3 Å². The molecule has 1 amide bonds. The maximum atomic E-state index is 13.1. The lowest BCUT2D eigenvalue weighted by Crippen LogP contribution is -2.55. The zero-order valence-corrected chi connectivity index (χ0v) is 15.4. The van der Waals surface area contributed by atoms with Crippen LogP contribution in [0.2, 0.25) is 0 Å². The molecule has 2 aliphatic rings. The molecular weight excluding hydrogens is 336 g/mol. The van der Waals surface area contributed by atoms with Gasteiger partial charge in [-0.15, -0.1) is 0 Å². The first-order valence-electron chi connectivity index (χ1n) is 9.31. The van der Waals surface area contributed by atoms with Gasteiger partial charge in [-0.25, -0.2) is 0 Å². The van der Waals surface area contributed by atoms with Crippen molar-refractivity contribution in [3.8, 4) is 6.07 Å². The van der Waals surface area contributed by atoms with Gasteiger partial charge in [-0.1, -0.05) is 48.5 Å². The van der Waals surface area contributed by atoms with Crippen molar-refractivity contribution in [3.05, 3.63) is 66.2 Å². The normalized spacial score (nSPS) is 20.4. The molecule has 1 atom stereocenters. The third kappa shape index (κ3) is 2.97. The minimum absolute atomic E-state index is 0.0274. The third-order valence-corrected chi connectivity index (χ3v) is 5.70. The lowest BCUT2D eigenvalue weighted by atomic mass is 9.76. The van der Waals surface area contributed by atoms with Crippen LogP contribution in [0.3, 0.4) is 0 Å². The third-order valence-electron chi connectivity index (χ3n) is 5.70. The van der Waals surface area contributed by atoms with Gasteiger partial charge in [-0.05, 0) is 37.0 Å². The van der Waals surface area contributed by atoms with Crippen LogP contribution in [-0.4, -0.2) is 29.1 Å². The summed E-state index contributed by atoms with van der Waals surface area (Å²) in [7, 11) is 1.73. The van der Waals surface area contributed by atoms with Crippen molar-refractivity contribution in [1.82, 2.24) is 4.90 Å². The van der Waals surface area contributed by atoms with Crippen LogP contribution in [-0.2, 0) is 4.79 Å². The van der Waals surface area contributed by atoms with Crippen molar-refractivity contribution in [3.63, 3.8) is 0 Å². The largest absolute Gasteiger partial charge is 0.322 e. The molecule has 0 bridgehead atoms. The molecule has 1 heterocycles. The van der Waals surface area contributed by atoms with Crippen LogP contribution in [0.5, 0.6) is 0 Å². The first-order chi connectivity index (χ1) is 13.1. The minimum Gasteiger partial charge on any atom is -0.322 e. The van der Waals surface area contributed by atoms with Crippen LogP contribution >= 0.6 is 0 Å². The van der Waals surface area contributed by atoms with E-state index >= 15 is 0 Å². The second kappa shape index (κ2) is 6.88. The van der Waals surface area contributed by atoms with Crippen molar-refractivity contribution in [2.45, 2.75) is 37.3 Å². The Labute approximate surface area is 159 Å². The topological polar surface area (TPSA) is 59.7 Å². The Morgan fingerprint density at radius 3 is 2.33 bits per heavy atom. The van der Waals surface area contributed by atoms with Gasteiger partial charge in [0, 0.05) is 13.5 Å². The number of nitrogens with zero attached hydrogens (tertiary/aromatic N) is 4. The van der Waals surface area contributed by atoms with Gasteiger partial charge in [0.25, 0.3) is 5.91 Å². The predicted molar refractivity (Wildman–Crippen MR) is 105 cm³/mol. The van der Waals surface area contributed by atoms with Crippen molar-refractivity contribution in [1.29, 1.82) is 5.26 Å². The molecule has 1 aliphatic carbocycles. The van der Waals surface area contributed by atoms with Crippen LogP contribution in [0, 0.1) is 11.3 Å². The van der Waals surface area contributed by atoms with E-state index in [4.69, 9.17) is 5.10 Å². The van der Waals surface area contributed by atoms with E-state index in [2.05, 4.69) is 18.2 Å². The summed E-state index contributed by atoms with van der Waals surface area (Å²) in [6.07, 6.45) is 3.00. The van der Waals surface area contributed by atoms with Gasteiger partial charge in [0.15, 0.2) is 0 Å². The molecule has 1 fully saturated rings. The summed E-state index contributed by atoms with van der Waals surface area (Å²) in [5.41, 5.74) is 1.92. The number of hydrogen-bond acceptors (Lipinski definition) is 4. The summed E-state index contributed by atoms with van der Waals surface area (Å²) in [4.78, 5) is 14.7. The number of anilines is 1. The average molecular weight is 358 g/mol. The first kappa shape index (κ1) is 17.3. The second-order valence-electron chi connectivity index (χ2n) is 7.22. The Kier molecular flexibility index (Phi) is 4.41. The Bertz CT molecular complexity index is 897. The summed E-state index contributed by atoms with van der Waals surface area (Å²) in [6, 6.07) is 22.3. The molecule has 0 radical (unpaired) electrons. The number of para-hydroxylation sites is 1. The number of hydrogen-bond donors (Lipinski definition) is 0. The van der Waals surface area contributed by atoms with Gasteiger partial charge in [0.2, 0.25) is 0 Å². The van der Waals surface area contributed by atoms with Crippen molar-refractivity contribution < 1.29 is 4.79 Å². The minimum atomic E-state index is -0.665. The predicted octanol–water partition coefficient (Wildman–Crippen LogP) is 3.90. The van der Waals surface area contributed by atoms with E-state index < -0.39 is 5.54 Å². The Hall–Kier alpha value is -3.13. The molecule has 1 aliphatic heterocycles. The Morgan fingerprint density at radius 2 is 1.78 bits per heavy atom. The summed E-state index contributed by atoms with van der Waals surface area (Å²) in [5, 5.41) is 16.2. The molecule has 2 aromatic rings. The fourth-order valence-electron chi connectivity index (χ4n) is 3.81. The highest BCUT2D eigenvalue weighted by Gasteiger charge is 2.45. The summed E-state index contributed by atoms with van der Waals surface area (Å²) >= 11 is 0. The standard InChI is InChI=1S/C22H22N4O/c1-25(22(16-23)13-8-14-22)21(27)19-15-20(17-9-4-2-5-10-17)26(24-19)18-11-6-3-7-12-18/h2-7,9-12,20H,8,13-15H2,1H3/t20-/m0/s1. The average Bonchev–Trinajstić information content (AvgIpc) is 3.14. The van der Waals surface area contributed by atoms with E-state index in [1.807, 2.05) is 53.5 Å². The highest BCUT2D eigenvalue weighted by molar-refractivity contribution is 6.39. The monoisotopic (exact) mass is 358 g/mol. The molecule has 27 heavy (non-hydrogen) atoms. The van der Waals surface area contributed by atoms with Gasteiger partial charge in [-0.2, -0.15) is 10.4 Å².